The summed E-state index contributed by atoms with van der Waals surface area (Å²) in [4.78, 5) is 8.25. The quantitative estimate of drug-likeness (QED) is 0.743. The lowest BCUT2D eigenvalue weighted by Gasteiger charge is -2.03. The molecule has 0 bridgehead atoms. The lowest BCUT2D eigenvalue weighted by atomic mass is 10.1. The Morgan fingerprint density at radius 3 is 2.47 bits per heavy atom. The molecule has 4 heteroatoms. The number of halogens is 2. The number of benzene rings is 1. The third-order valence-corrected chi connectivity index (χ3v) is 2.83. The van der Waals surface area contributed by atoms with Crippen LogP contribution in [-0.2, 0) is 0 Å². The molecule has 0 saturated heterocycles. The molecule has 0 saturated carbocycles. The van der Waals surface area contributed by atoms with E-state index in [9.17, 15) is 0 Å². The zero-order chi connectivity index (χ0) is 10.8. The van der Waals surface area contributed by atoms with Crippen molar-refractivity contribution < 1.29 is 0 Å². The maximum Gasteiger partial charge on any atom is 0.140 e. The van der Waals surface area contributed by atoms with Crippen molar-refractivity contribution in [3.63, 3.8) is 0 Å². The fourth-order valence-corrected chi connectivity index (χ4v) is 1.81. The van der Waals surface area contributed by atoms with Gasteiger partial charge in [-0.2, -0.15) is 0 Å². The van der Waals surface area contributed by atoms with Crippen LogP contribution >= 0.6 is 27.5 Å². The van der Waals surface area contributed by atoms with Crippen molar-refractivity contribution in [1.82, 2.24) is 9.97 Å². The molecule has 15 heavy (non-hydrogen) atoms. The summed E-state index contributed by atoms with van der Waals surface area (Å²) in [5, 5.41) is 0.491. The van der Waals surface area contributed by atoms with Gasteiger partial charge >= 0.3 is 0 Å². The van der Waals surface area contributed by atoms with Crippen LogP contribution < -0.4 is 0 Å². The van der Waals surface area contributed by atoms with Crippen molar-refractivity contribution >= 4 is 27.5 Å². The Labute approximate surface area is 101 Å². The summed E-state index contributed by atoms with van der Waals surface area (Å²) >= 11 is 9.42. The molecule has 0 radical (unpaired) electrons. The Bertz CT molecular complexity index is 482. The zero-order valence-corrected chi connectivity index (χ0v) is 10.4. The minimum absolute atomic E-state index is 0.491. The summed E-state index contributed by atoms with van der Waals surface area (Å²) in [5.41, 5.74) is 1.87. The molecule has 2 nitrogen and oxygen atoms in total. The molecule has 0 aliphatic rings. The Kier molecular flexibility index (Phi) is 3.03. The molecule has 0 spiro atoms. The van der Waals surface area contributed by atoms with E-state index in [1.54, 1.807) is 6.20 Å². The highest BCUT2D eigenvalue weighted by molar-refractivity contribution is 9.10. The number of aromatic nitrogens is 2. The van der Waals surface area contributed by atoms with Gasteiger partial charge in [-0.1, -0.05) is 39.7 Å². The number of rotatable bonds is 1. The maximum atomic E-state index is 6.04. The molecule has 76 valence electrons. The molecule has 2 rings (SSSR count). The summed E-state index contributed by atoms with van der Waals surface area (Å²) in [6.07, 6.45) is 1.74. The molecule has 0 N–H and O–H groups in total. The minimum Gasteiger partial charge on any atom is -0.241 e. The van der Waals surface area contributed by atoms with Crippen molar-refractivity contribution in [2.24, 2.45) is 0 Å². The molecule has 0 aliphatic heterocycles. The number of hydrogen-bond acceptors (Lipinski definition) is 2. The first-order valence-electron chi connectivity index (χ1n) is 4.42. The third-order valence-electron chi connectivity index (χ3n) is 2.02. The molecule has 1 heterocycles. The summed E-state index contributed by atoms with van der Waals surface area (Å²) in [6, 6.07) is 7.88. The van der Waals surface area contributed by atoms with Gasteiger partial charge in [0.25, 0.3) is 0 Å². The van der Waals surface area contributed by atoms with E-state index in [1.165, 1.54) is 0 Å². The van der Waals surface area contributed by atoms with Gasteiger partial charge in [-0.15, -0.1) is 0 Å². The van der Waals surface area contributed by atoms with Crippen LogP contribution in [0, 0.1) is 6.92 Å². The van der Waals surface area contributed by atoms with E-state index in [0.717, 1.165) is 15.6 Å². The number of aryl methyl sites for hydroxylation is 1. The van der Waals surface area contributed by atoms with Crippen LogP contribution in [0.2, 0.25) is 5.15 Å². The van der Waals surface area contributed by atoms with Crippen LogP contribution in [0.1, 0.15) is 5.82 Å². The zero-order valence-electron chi connectivity index (χ0n) is 8.04. The van der Waals surface area contributed by atoms with Crippen molar-refractivity contribution in [3.8, 4) is 11.1 Å². The van der Waals surface area contributed by atoms with Crippen molar-refractivity contribution in [3.05, 3.63) is 45.9 Å². The third kappa shape index (κ3) is 2.36. The van der Waals surface area contributed by atoms with Gasteiger partial charge in [0.05, 0.1) is 0 Å². The predicted molar refractivity (Wildman–Crippen MR) is 64.9 cm³/mol. The lowest BCUT2D eigenvalue weighted by Crippen LogP contribution is -1.90. The smallest absolute Gasteiger partial charge is 0.140 e. The van der Waals surface area contributed by atoms with Crippen molar-refractivity contribution in [2.75, 3.05) is 0 Å². The van der Waals surface area contributed by atoms with Gasteiger partial charge in [-0.3, -0.25) is 0 Å². The molecule has 0 amide bonds. The largest absolute Gasteiger partial charge is 0.241 e. The van der Waals surface area contributed by atoms with E-state index in [-0.39, 0.29) is 0 Å². The minimum atomic E-state index is 0.491. The highest BCUT2D eigenvalue weighted by Gasteiger charge is 2.05. The molecule has 0 aliphatic carbocycles. The number of hydrogen-bond donors (Lipinski definition) is 0. The van der Waals surface area contributed by atoms with Gasteiger partial charge in [0.15, 0.2) is 0 Å². The van der Waals surface area contributed by atoms with Gasteiger partial charge in [0.2, 0.25) is 0 Å². The van der Waals surface area contributed by atoms with Crippen LogP contribution in [0.4, 0.5) is 0 Å². The van der Waals surface area contributed by atoms with Crippen molar-refractivity contribution in [1.29, 1.82) is 0 Å². The van der Waals surface area contributed by atoms with Gasteiger partial charge in [0.1, 0.15) is 11.0 Å². The summed E-state index contributed by atoms with van der Waals surface area (Å²) in [7, 11) is 0. The lowest BCUT2D eigenvalue weighted by molar-refractivity contribution is 1.06. The highest BCUT2D eigenvalue weighted by atomic mass is 79.9. The van der Waals surface area contributed by atoms with E-state index in [1.807, 2.05) is 31.2 Å². The van der Waals surface area contributed by atoms with Gasteiger partial charge < -0.3 is 0 Å². The maximum absolute atomic E-state index is 6.04. The Morgan fingerprint density at radius 2 is 1.87 bits per heavy atom. The van der Waals surface area contributed by atoms with Gasteiger partial charge in [0, 0.05) is 16.2 Å². The van der Waals surface area contributed by atoms with Crippen molar-refractivity contribution in [2.45, 2.75) is 6.92 Å². The second-order valence-corrected chi connectivity index (χ2v) is 4.40. The van der Waals surface area contributed by atoms with Crippen LogP contribution in [0.5, 0.6) is 0 Å². The van der Waals surface area contributed by atoms with E-state index < -0.39 is 0 Å². The molecule has 2 aromatic rings. The average Bonchev–Trinajstić information content (AvgIpc) is 2.20. The van der Waals surface area contributed by atoms with Crippen LogP contribution in [0.25, 0.3) is 11.1 Å². The second-order valence-electron chi connectivity index (χ2n) is 3.13. The second kappa shape index (κ2) is 4.29. The van der Waals surface area contributed by atoms with Gasteiger partial charge in [-0.25, -0.2) is 9.97 Å². The van der Waals surface area contributed by atoms with E-state index in [4.69, 9.17) is 11.6 Å². The summed E-state index contributed by atoms with van der Waals surface area (Å²) in [5.74, 6) is 0.681. The van der Waals surface area contributed by atoms with Crippen LogP contribution in [0.3, 0.4) is 0 Å². The Balaban J connectivity index is 2.49. The molecular formula is C11H8BrClN2. The van der Waals surface area contributed by atoms with E-state index in [0.29, 0.717) is 11.0 Å². The molecular weight excluding hydrogens is 275 g/mol. The van der Waals surface area contributed by atoms with E-state index >= 15 is 0 Å². The highest BCUT2D eigenvalue weighted by Crippen LogP contribution is 2.26. The van der Waals surface area contributed by atoms with Crippen LogP contribution in [0.15, 0.2) is 34.9 Å². The van der Waals surface area contributed by atoms with E-state index in [2.05, 4.69) is 25.9 Å². The summed E-state index contributed by atoms with van der Waals surface area (Å²) < 4.78 is 1.04. The Hall–Kier alpha value is -0.930. The normalized spacial score (nSPS) is 10.3. The molecule has 1 aromatic carbocycles. The summed E-state index contributed by atoms with van der Waals surface area (Å²) in [6.45, 7) is 1.82. The fourth-order valence-electron chi connectivity index (χ4n) is 1.27. The first-order valence-corrected chi connectivity index (χ1v) is 5.59. The average molecular weight is 284 g/mol. The molecule has 0 fully saturated rings. The van der Waals surface area contributed by atoms with Gasteiger partial charge in [-0.05, 0) is 24.6 Å². The Morgan fingerprint density at radius 1 is 1.20 bits per heavy atom. The first kappa shape index (κ1) is 10.6. The first-order chi connectivity index (χ1) is 7.16. The molecule has 1 aromatic heterocycles. The van der Waals surface area contributed by atoms with Crippen LogP contribution in [-0.4, -0.2) is 9.97 Å². The fraction of sp³-hybridized carbons (Fsp3) is 0.0909. The topological polar surface area (TPSA) is 25.8 Å². The standard InChI is InChI=1S/C11H8BrClN2/c1-7-14-6-10(11(13)15-7)8-2-4-9(12)5-3-8/h2-6H,1H3. The molecule has 0 unspecified atom stereocenters. The number of nitrogens with zero attached hydrogens (tertiary/aromatic N) is 2. The SMILES string of the molecule is Cc1ncc(-c2ccc(Br)cc2)c(Cl)n1. The monoisotopic (exact) mass is 282 g/mol. The predicted octanol–water partition coefficient (Wildman–Crippen LogP) is 3.87. The molecule has 0 atom stereocenters.